The fourth-order valence-electron chi connectivity index (χ4n) is 3.62. The first-order valence-corrected chi connectivity index (χ1v) is 17.6. The second-order valence-corrected chi connectivity index (χ2v) is 21.8. The minimum atomic E-state index is -1.69. The van der Waals surface area contributed by atoms with Gasteiger partial charge >= 0.3 is 0 Å². The van der Waals surface area contributed by atoms with Crippen molar-refractivity contribution in [3.8, 4) is 0 Å². The third-order valence-electron chi connectivity index (χ3n) is 7.86. The molecule has 0 aromatic carbocycles. The smallest absolute Gasteiger partial charge is 0.192 e. The Hall–Kier alpha value is -0.306. The van der Waals surface area contributed by atoms with Gasteiger partial charge in [-0.25, -0.2) is 0 Å². The van der Waals surface area contributed by atoms with E-state index in [-0.39, 0.29) is 34.1 Å². The lowest BCUT2D eigenvalue weighted by atomic mass is 10.1. The Bertz CT molecular complexity index is 511. The van der Waals surface area contributed by atoms with E-state index in [1.54, 1.807) is 0 Å². The van der Waals surface area contributed by atoms with E-state index in [1.807, 2.05) is 0 Å². The largest absolute Gasteiger partial charge is 0.413 e. The molecule has 2 fully saturated rings. The van der Waals surface area contributed by atoms with Crippen molar-refractivity contribution in [2.75, 3.05) is 0 Å². The molecule has 176 valence electrons. The van der Waals surface area contributed by atoms with E-state index in [1.165, 1.54) is 0 Å². The number of rotatable bonds is 6. The molecule has 0 amide bonds. The summed E-state index contributed by atoms with van der Waals surface area (Å²) in [5, 5.41) is 0.478. The van der Waals surface area contributed by atoms with Crippen LogP contribution in [-0.4, -0.2) is 41.4 Å². The van der Waals surface area contributed by atoms with Gasteiger partial charge in [0.15, 0.2) is 16.6 Å². The van der Waals surface area contributed by atoms with Gasteiger partial charge in [-0.15, -0.1) is 0 Å². The molecule has 30 heavy (non-hydrogen) atoms. The van der Waals surface area contributed by atoms with Crippen molar-refractivity contribution in [1.29, 1.82) is 0 Å². The summed E-state index contributed by atoms with van der Waals surface area (Å²) < 4.78 is 12.5. The van der Waals surface area contributed by atoms with Crippen molar-refractivity contribution in [1.82, 2.24) is 0 Å². The SMILES string of the molecule is CC(C)(C)[Si](C)(C)O[C@@H]1CCC[C@@H]1C=O.CC(C)(C)[Si](C)(C)O[C@H]1CCC[C@H]1C=O. The second-order valence-electron chi connectivity index (χ2n) is 12.3. The zero-order valence-corrected chi connectivity index (χ0v) is 23.3. The van der Waals surface area contributed by atoms with Gasteiger partial charge in [-0.3, -0.25) is 0 Å². The molecule has 2 rings (SSSR count). The summed E-state index contributed by atoms with van der Waals surface area (Å²) in [6.45, 7) is 22.5. The van der Waals surface area contributed by atoms with Crippen LogP contribution in [0.3, 0.4) is 0 Å². The lowest BCUT2D eigenvalue weighted by Gasteiger charge is -2.39. The fourth-order valence-corrected chi connectivity index (χ4v) is 6.43. The lowest BCUT2D eigenvalue weighted by molar-refractivity contribution is -0.113. The molecule has 4 nitrogen and oxygen atoms in total. The molecule has 0 heterocycles. The maximum atomic E-state index is 10.9. The molecule has 0 spiro atoms. The average molecular weight is 457 g/mol. The number of hydrogen-bond acceptors (Lipinski definition) is 4. The van der Waals surface area contributed by atoms with Gasteiger partial charge in [-0.1, -0.05) is 54.4 Å². The predicted molar refractivity (Wildman–Crippen MR) is 131 cm³/mol. The van der Waals surface area contributed by atoms with Crippen LogP contribution in [0.25, 0.3) is 0 Å². The third kappa shape index (κ3) is 7.38. The zero-order valence-electron chi connectivity index (χ0n) is 21.3. The number of hydrogen-bond donors (Lipinski definition) is 0. The normalized spacial score (nSPS) is 28.1. The Kier molecular flexibility index (Phi) is 9.74. The van der Waals surface area contributed by atoms with Crippen LogP contribution in [0.4, 0.5) is 0 Å². The summed E-state index contributed by atoms with van der Waals surface area (Å²) in [6.07, 6.45) is 9.02. The van der Waals surface area contributed by atoms with Crippen LogP contribution in [-0.2, 0) is 18.4 Å². The molecule has 0 N–H and O–H groups in total. The molecular formula is C24H48O4Si2. The van der Waals surface area contributed by atoms with Gasteiger partial charge in [0.1, 0.15) is 12.6 Å². The maximum absolute atomic E-state index is 10.9. The second kappa shape index (κ2) is 10.5. The van der Waals surface area contributed by atoms with Gasteiger partial charge < -0.3 is 18.4 Å². The highest BCUT2D eigenvalue weighted by atomic mass is 28.4. The van der Waals surface area contributed by atoms with Crippen molar-refractivity contribution in [2.45, 2.75) is 129 Å². The highest BCUT2D eigenvalue weighted by Crippen LogP contribution is 2.41. The van der Waals surface area contributed by atoms with E-state index in [9.17, 15) is 9.59 Å². The maximum Gasteiger partial charge on any atom is 0.192 e. The average Bonchev–Trinajstić information content (AvgIpc) is 3.21. The van der Waals surface area contributed by atoms with Crippen molar-refractivity contribution >= 4 is 29.2 Å². The first-order chi connectivity index (χ1) is 13.6. The molecule has 6 heteroatoms. The first kappa shape index (κ1) is 27.7. The Labute approximate surface area is 188 Å². The third-order valence-corrected chi connectivity index (χ3v) is 16.9. The zero-order chi connectivity index (χ0) is 23.4. The molecule has 2 aliphatic carbocycles. The van der Waals surface area contributed by atoms with Crippen molar-refractivity contribution < 1.29 is 18.4 Å². The lowest BCUT2D eigenvalue weighted by Crippen LogP contribution is -2.44. The molecular weight excluding hydrogens is 408 g/mol. The summed E-state index contributed by atoms with van der Waals surface area (Å²) in [4.78, 5) is 21.8. The predicted octanol–water partition coefficient (Wildman–Crippen LogP) is 6.75. The Morgan fingerprint density at radius 3 is 1.17 bits per heavy atom. The standard InChI is InChI=1S/2C12H24O2Si/c2*1-12(2,3)15(4,5)14-11-8-6-7-10(11)9-13/h2*9-11H,6-8H2,1-5H3/t2*10-,11-/m10/s1. The number of carbonyl (C=O) groups is 2. The van der Waals surface area contributed by atoms with E-state index >= 15 is 0 Å². The summed E-state index contributed by atoms with van der Waals surface area (Å²) >= 11 is 0. The Morgan fingerprint density at radius 2 is 0.933 bits per heavy atom. The van der Waals surface area contributed by atoms with Gasteiger partial charge in [0.25, 0.3) is 0 Å². The molecule has 0 unspecified atom stereocenters. The molecule has 0 bridgehead atoms. The quantitative estimate of drug-likeness (QED) is 0.327. The van der Waals surface area contributed by atoms with Gasteiger partial charge in [-0.2, -0.15) is 0 Å². The topological polar surface area (TPSA) is 52.6 Å². The summed E-state index contributed by atoms with van der Waals surface area (Å²) in [7, 11) is -3.37. The first-order valence-electron chi connectivity index (χ1n) is 11.8. The Balaban J connectivity index is 0.000000300. The van der Waals surface area contributed by atoms with Crippen molar-refractivity contribution in [3.63, 3.8) is 0 Å². The molecule has 0 aromatic rings. The van der Waals surface area contributed by atoms with Crippen LogP contribution in [0.1, 0.15) is 80.1 Å². The van der Waals surface area contributed by atoms with Gasteiger partial charge in [0.05, 0.1) is 12.2 Å². The highest BCUT2D eigenvalue weighted by Gasteiger charge is 2.42. The monoisotopic (exact) mass is 456 g/mol. The van der Waals surface area contributed by atoms with Crippen LogP contribution in [0.2, 0.25) is 36.3 Å². The molecule has 0 radical (unpaired) electrons. The van der Waals surface area contributed by atoms with Crippen LogP contribution in [0.5, 0.6) is 0 Å². The molecule has 0 aliphatic heterocycles. The molecule has 2 aliphatic rings. The molecule has 2 saturated carbocycles. The van der Waals surface area contributed by atoms with E-state index in [0.717, 1.165) is 51.1 Å². The van der Waals surface area contributed by atoms with Crippen LogP contribution in [0.15, 0.2) is 0 Å². The number of aldehydes is 2. The summed E-state index contributed by atoms with van der Waals surface area (Å²) in [5.41, 5.74) is 0. The molecule has 4 atom stereocenters. The molecule has 0 saturated heterocycles. The van der Waals surface area contributed by atoms with Crippen LogP contribution < -0.4 is 0 Å². The van der Waals surface area contributed by atoms with Crippen molar-refractivity contribution in [3.05, 3.63) is 0 Å². The fraction of sp³-hybridized carbons (Fsp3) is 0.917. The van der Waals surface area contributed by atoms with E-state index in [0.29, 0.717) is 0 Å². The van der Waals surface area contributed by atoms with Crippen LogP contribution >= 0.6 is 0 Å². The Morgan fingerprint density at radius 1 is 0.633 bits per heavy atom. The molecule has 0 aromatic heterocycles. The van der Waals surface area contributed by atoms with E-state index in [2.05, 4.69) is 67.7 Å². The summed E-state index contributed by atoms with van der Waals surface area (Å²) in [5.74, 6) is 0.304. The minimum absolute atomic E-state index is 0.152. The van der Waals surface area contributed by atoms with Crippen LogP contribution in [0, 0.1) is 11.8 Å². The summed E-state index contributed by atoms with van der Waals surface area (Å²) in [6, 6.07) is 0. The highest BCUT2D eigenvalue weighted by molar-refractivity contribution is 6.74. The number of carbonyl (C=O) groups excluding carboxylic acids is 2. The van der Waals surface area contributed by atoms with E-state index < -0.39 is 16.6 Å². The van der Waals surface area contributed by atoms with Gasteiger partial charge in [0.2, 0.25) is 0 Å². The van der Waals surface area contributed by atoms with Crippen molar-refractivity contribution in [2.24, 2.45) is 11.8 Å². The van der Waals surface area contributed by atoms with Gasteiger partial charge in [0, 0.05) is 11.8 Å². The minimum Gasteiger partial charge on any atom is -0.413 e. The van der Waals surface area contributed by atoms with Gasteiger partial charge in [-0.05, 0) is 61.9 Å². The van der Waals surface area contributed by atoms with E-state index in [4.69, 9.17) is 8.85 Å².